The molecule has 0 amide bonds. The first kappa shape index (κ1) is 23.7. The fourth-order valence-electron chi connectivity index (χ4n) is 3.54. The summed E-state index contributed by atoms with van der Waals surface area (Å²) in [6.07, 6.45) is 1.38. The summed E-state index contributed by atoms with van der Waals surface area (Å²) in [6.45, 7) is 4.99. The Labute approximate surface area is 185 Å². The molecule has 0 unspecified atom stereocenters. The van der Waals surface area contributed by atoms with Crippen LogP contribution >= 0.6 is 0 Å². The van der Waals surface area contributed by atoms with Crippen LogP contribution in [-0.4, -0.2) is 69.3 Å². The number of hydrogen-bond donors (Lipinski definition) is 3. The number of fused-ring (bicyclic) bond motifs is 1. The summed E-state index contributed by atoms with van der Waals surface area (Å²) in [4.78, 5) is 19.5. The van der Waals surface area contributed by atoms with E-state index in [1.54, 1.807) is 13.8 Å². The number of aromatic nitrogens is 4. The first-order valence-electron chi connectivity index (χ1n) is 10.2. The molecule has 0 aliphatic carbocycles. The van der Waals surface area contributed by atoms with E-state index in [0.29, 0.717) is 17.9 Å². The number of imidazole rings is 1. The predicted molar refractivity (Wildman–Crippen MR) is 118 cm³/mol. The van der Waals surface area contributed by atoms with Crippen molar-refractivity contribution in [2.45, 2.75) is 38.5 Å². The van der Waals surface area contributed by atoms with Crippen LogP contribution in [0.25, 0.3) is 16.9 Å². The van der Waals surface area contributed by atoms with E-state index in [4.69, 9.17) is 4.74 Å². The molecular formula is C20H27N5O6S. The molecule has 0 saturated heterocycles. The smallest absolute Gasteiger partial charge is 0.277 e. The number of rotatable bonds is 9. The summed E-state index contributed by atoms with van der Waals surface area (Å²) in [5.41, 5.74) is 0.367. The van der Waals surface area contributed by atoms with Crippen LogP contribution in [-0.2, 0) is 16.4 Å². The van der Waals surface area contributed by atoms with E-state index in [0.717, 1.165) is 16.8 Å². The molecule has 0 aliphatic rings. The van der Waals surface area contributed by atoms with Gasteiger partial charge in [-0.05, 0) is 19.4 Å². The van der Waals surface area contributed by atoms with Gasteiger partial charge in [0.25, 0.3) is 5.56 Å². The molecule has 11 nitrogen and oxygen atoms in total. The number of aromatic amines is 1. The number of nitrogens with one attached hydrogen (secondary N) is 1. The highest BCUT2D eigenvalue weighted by molar-refractivity contribution is 7.89. The molecule has 174 valence electrons. The van der Waals surface area contributed by atoms with E-state index in [1.165, 1.54) is 17.7 Å². The van der Waals surface area contributed by atoms with Crippen LogP contribution in [0.2, 0.25) is 0 Å². The lowest BCUT2D eigenvalue weighted by atomic mass is 10.2. The van der Waals surface area contributed by atoms with Crippen LogP contribution in [0.5, 0.6) is 11.5 Å². The fourth-order valence-corrected chi connectivity index (χ4v) is 5.15. The minimum atomic E-state index is -4.07. The number of hydrogen-bond acceptors (Lipinski definition) is 8. The van der Waals surface area contributed by atoms with Crippen molar-refractivity contribution in [2.75, 3.05) is 26.8 Å². The van der Waals surface area contributed by atoms with Crippen molar-refractivity contribution < 1.29 is 23.4 Å². The van der Waals surface area contributed by atoms with Crippen molar-refractivity contribution in [3.8, 4) is 22.9 Å². The molecule has 2 heterocycles. The van der Waals surface area contributed by atoms with E-state index in [9.17, 15) is 23.4 Å². The lowest BCUT2D eigenvalue weighted by molar-refractivity contribution is 0.256. The van der Waals surface area contributed by atoms with E-state index < -0.39 is 15.6 Å². The Balaban J connectivity index is 2.27. The Morgan fingerprint density at radius 2 is 2.00 bits per heavy atom. The van der Waals surface area contributed by atoms with E-state index in [2.05, 4.69) is 15.1 Å². The minimum absolute atomic E-state index is 0.0113. The Kier molecular flexibility index (Phi) is 6.86. The molecule has 0 saturated carbocycles. The Morgan fingerprint density at radius 1 is 1.28 bits per heavy atom. The normalized spacial score (nSPS) is 12.1. The second-order valence-electron chi connectivity index (χ2n) is 7.17. The average Bonchev–Trinajstić information content (AvgIpc) is 3.07. The molecule has 0 atom stereocenters. The number of phenols is 1. The van der Waals surface area contributed by atoms with Gasteiger partial charge in [-0.2, -0.15) is 4.31 Å². The summed E-state index contributed by atoms with van der Waals surface area (Å²) in [5, 5.41) is 24.3. The number of aryl methyl sites for hydroxylation is 2. The third-order valence-corrected chi connectivity index (χ3v) is 7.07. The molecule has 0 radical (unpaired) electrons. The first-order valence-corrected chi connectivity index (χ1v) is 11.6. The van der Waals surface area contributed by atoms with E-state index in [-0.39, 0.29) is 53.0 Å². The Bertz CT molecular complexity index is 1300. The maximum Gasteiger partial charge on any atom is 0.277 e. The molecule has 3 rings (SSSR count). The highest BCUT2D eigenvalue weighted by Gasteiger charge is 2.29. The van der Waals surface area contributed by atoms with Gasteiger partial charge in [0.05, 0.1) is 25.0 Å². The van der Waals surface area contributed by atoms with Crippen LogP contribution < -0.4 is 10.3 Å². The number of likely N-dealkylation sites (N-methyl/N-ethyl adjacent to an activating group) is 1. The van der Waals surface area contributed by atoms with Gasteiger partial charge in [-0.25, -0.2) is 17.9 Å². The van der Waals surface area contributed by atoms with Crippen LogP contribution in [0.4, 0.5) is 0 Å². The van der Waals surface area contributed by atoms with Crippen molar-refractivity contribution in [3.05, 3.63) is 34.0 Å². The minimum Gasteiger partial charge on any atom is -0.507 e. The van der Waals surface area contributed by atoms with Gasteiger partial charge >= 0.3 is 0 Å². The molecule has 0 fully saturated rings. The van der Waals surface area contributed by atoms with Crippen molar-refractivity contribution >= 4 is 15.5 Å². The molecule has 32 heavy (non-hydrogen) atoms. The third-order valence-electron chi connectivity index (χ3n) is 5.07. The van der Waals surface area contributed by atoms with Gasteiger partial charge in [0.15, 0.2) is 11.3 Å². The quantitative estimate of drug-likeness (QED) is 0.425. The van der Waals surface area contributed by atoms with Gasteiger partial charge in [-0.3, -0.25) is 4.79 Å². The van der Waals surface area contributed by atoms with Crippen molar-refractivity contribution in [3.63, 3.8) is 0 Å². The van der Waals surface area contributed by atoms with Gasteiger partial charge < -0.3 is 19.9 Å². The molecule has 2 aromatic heterocycles. The number of aromatic hydroxyl groups is 1. The second kappa shape index (κ2) is 9.27. The number of methoxy groups -OCH3 is 1. The SMILES string of the molecule is CCCc1nc(C)c2c(=O)[nH]c(-c3cc(S(=O)(=O)N(CC)CCO)c(OC)cc3O)nn12. The zero-order valence-electron chi connectivity index (χ0n) is 18.4. The summed E-state index contributed by atoms with van der Waals surface area (Å²) in [6, 6.07) is 2.36. The second-order valence-corrected chi connectivity index (χ2v) is 9.07. The summed E-state index contributed by atoms with van der Waals surface area (Å²) in [7, 11) is -2.79. The van der Waals surface area contributed by atoms with Gasteiger partial charge in [-0.1, -0.05) is 13.8 Å². The van der Waals surface area contributed by atoms with Crippen LogP contribution in [0.3, 0.4) is 0 Å². The molecular weight excluding hydrogens is 438 g/mol. The number of aliphatic hydroxyl groups excluding tert-OH is 1. The number of H-pyrrole nitrogens is 1. The summed E-state index contributed by atoms with van der Waals surface area (Å²) in [5.74, 6) is 0.186. The average molecular weight is 466 g/mol. The molecule has 0 spiro atoms. The largest absolute Gasteiger partial charge is 0.507 e. The zero-order valence-corrected chi connectivity index (χ0v) is 19.2. The molecule has 3 aromatic rings. The predicted octanol–water partition coefficient (Wildman–Crippen LogP) is 1.06. The van der Waals surface area contributed by atoms with Crippen LogP contribution in [0, 0.1) is 6.92 Å². The lowest BCUT2D eigenvalue weighted by Crippen LogP contribution is -2.33. The van der Waals surface area contributed by atoms with Crippen LogP contribution in [0.15, 0.2) is 21.8 Å². The van der Waals surface area contributed by atoms with Gasteiger partial charge in [0.1, 0.15) is 22.2 Å². The van der Waals surface area contributed by atoms with Gasteiger partial charge in [0, 0.05) is 25.6 Å². The number of aliphatic hydroxyl groups is 1. The van der Waals surface area contributed by atoms with Gasteiger partial charge in [-0.15, -0.1) is 5.10 Å². The molecule has 3 N–H and O–H groups in total. The van der Waals surface area contributed by atoms with Crippen molar-refractivity contribution in [1.82, 2.24) is 23.9 Å². The third kappa shape index (κ3) is 4.08. The molecule has 0 bridgehead atoms. The topological polar surface area (TPSA) is 150 Å². The zero-order chi connectivity index (χ0) is 23.6. The highest BCUT2D eigenvalue weighted by atomic mass is 32.2. The fraction of sp³-hybridized carbons (Fsp3) is 0.450. The lowest BCUT2D eigenvalue weighted by Gasteiger charge is -2.21. The number of sulfonamides is 1. The van der Waals surface area contributed by atoms with E-state index in [1.807, 2.05) is 6.92 Å². The number of benzene rings is 1. The summed E-state index contributed by atoms with van der Waals surface area (Å²) < 4.78 is 34.1. The highest BCUT2D eigenvalue weighted by Crippen LogP contribution is 2.37. The van der Waals surface area contributed by atoms with Gasteiger partial charge in [0.2, 0.25) is 10.0 Å². The van der Waals surface area contributed by atoms with Crippen molar-refractivity contribution in [2.24, 2.45) is 0 Å². The molecule has 0 aliphatic heterocycles. The molecule has 1 aromatic carbocycles. The maximum atomic E-state index is 13.2. The number of nitrogens with zero attached hydrogens (tertiary/aromatic N) is 4. The first-order chi connectivity index (χ1) is 15.2. The standard InChI is InChI=1S/C20H27N5O6S/c1-5-7-17-21-12(3)18-20(28)22-19(23-25(17)18)13-10-16(15(31-4)11-14(13)27)32(29,30)24(6-2)8-9-26/h10-11,26-27H,5-9H2,1-4H3,(H,22,23,28). The van der Waals surface area contributed by atoms with Crippen LogP contribution in [0.1, 0.15) is 31.8 Å². The maximum absolute atomic E-state index is 13.2. The number of ether oxygens (including phenoxy) is 1. The monoisotopic (exact) mass is 465 g/mol. The van der Waals surface area contributed by atoms with E-state index >= 15 is 0 Å². The number of phenolic OH excluding ortho intramolecular Hbond substituents is 1. The molecule has 12 heteroatoms. The van der Waals surface area contributed by atoms with Crippen molar-refractivity contribution in [1.29, 1.82) is 0 Å². The Hall–Kier alpha value is -2.96. The Morgan fingerprint density at radius 3 is 2.59 bits per heavy atom. The summed E-state index contributed by atoms with van der Waals surface area (Å²) >= 11 is 0.